The Balaban J connectivity index is 1.36. The second-order valence-electron chi connectivity index (χ2n) is 8.87. The van der Waals surface area contributed by atoms with Crippen LogP contribution in [0.5, 0.6) is 0 Å². The average molecular weight is 537 g/mol. The fourth-order valence-electron chi connectivity index (χ4n) is 4.63. The van der Waals surface area contributed by atoms with Crippen LogP contribution >= 0.6 is 22.7 Å². The number of nitrogens with one attached hydrogen (secondary N) is 2. The van der Waals surface area contributed by atoms with Crippen molar-refractivity contribution in [2.45, 2.75) is 39.6 Å². The molecule has 3 N–H and O–H groups in total. The van der Waals surface area contributed by atoms with Crippen LogP contribution in [0, 0.1) is 0 Å². The van der Waals surface area contributed by atoms with Crippen LogP contribution in [0.2, 0.25) is 0 Å². The summed E-state index contributed by atoms with van der Waals surface area (Å²) in [6.45, 7) is 7.84. The smallest absolute Gasteiger partial charge is 0.320 e. The number of nitrogens with zero attached hydrogens (tertiary/aromatic N) is 2. The first-order valence-electron chi connectivity index (χ1n) is 12.6. The van der Waals surface area contributed by atoms with E-state index in [1.165, 1.54) is 27.3 Å². The highest BCUT2D eigenvalue weighted by molar-refractivity contribution is 7.19. The molecule has 37 heavy (non-hydrogen) atoms. The number of ether oxygens (including phenoxy) is 1. The predicted octanol–water partition coefficient (Wildman–Crippen LogP) is 5.99. The summed E-state index contributed by atoms with van der Waals surface area (Å²) < 4.78 is 7.58. The van der Waals surface area contributed by atoms with E-state index in [2.05, 4.69) is 39.4 Å². The number of carbonyl (C=O) groups excluding carboxylic acids is 1. The number of urea groups is 1. The molecule has 4 aromatic rings. The second kappa shape index (κ2) is 11.6. The van der Waals surface area contributed by atoms with Crippen molar-refractivity contribution in [2.24, 2.45) is 0 Å². The van der Waals surface area contributed by atoms with Gasteiger partial charge in [-0.05, 0) is 49.2 Å². The van der Waals surface area contributed by atoms with E-state index in [1.807, 2.05) is 66.8 Å². The normalized spacial score (nSPS) is 14.4. The van der Waals surface area contributed by atoms with Gasteiger partial charge in [0.2, 0.25) is 0 Å². The van der Waals surface area contributed by atoms with E-state index in [1.54, 1.807) is 0 Å². The van der Waals surface area contributed by atoms with E-state index in [0.29, 0.717) is 23.7 Å². The number of anilines is 1. The molecular weight excluding hydrogens is 504 g/mol. The maximum absolute atomic E-state index is 13.1. The zero-order chi connectivity index (χ0) is 25.8. The molecular formula is C28H32N4O3S2. The van der Waals surface area contributed by atoms with E-state index in [-0.39, 0.29) is 6.03 Å². The molecule has 1 aromatic carbocycles. The number of aliphatic hydroxyl groups is 1. The Morgan fingerprint density at radius 3 is 2.65 bits per heavy atom. The van der Waals surface area contributed by atoms with Gasteiger partial charge in [0, 0.05) is 59.5 Å². The minimum absolute atomic E-state index is 0.309. The molecule has 0 saturated heterocycles. The number of amides is 2. The third-order valence-corrected chi connectivity index (χ3v) is 8.96. The Morgan fingerprint density at radius 2 is 1.92 bits per heavy atom. The van der Waals surface area contributed by atoms with Crippen LogP contribution in [0.1, 0.15) is 41.7 Å². The first kappa shape index (κ1) is 25.7. The molecule has 1 atom stereocenters. The van der Waals surface area contributed by atoms with Gasteiger partial charge >= 0.3 is 6.03 Å². The van der Waals surface area contributed by atoms with Gasteiger partial charge in [0.1, 0.15) is 10.0 Å². The van der Waals surface area contributed by atoms with E-state index in [0.717, 1.165) is 41.5 Å². The Morgan fingerprint density at radius 1 is 1.14 bits per heavy atom. The summed E-state index contributed by atoms with van der Waals surface area (Å²) in [7, 11) is 0. The van der Waals surface area contributed by atoms with Crippen molar-refractivity contribution in [3.63, 3.8) is 0 Å². The quantitative estimate of drug-likeness (QED) is 0.230. The fourth-order valence-corrected chi connectivity index (χ4v) is 7.09. The van der Waals surface area contributed by atoms with Crippen LogP contribution in [0.25, 0.3) is 15.4 Å². The molecule has 4 heterocycles. The molecule has 0 spiro atoms. The predicted molar refractivity (Wildman–Crippen MR) is 151 cm³/mol. The summed E-state index contributed by atoms with van der Waals surface area (Å²) in [5.74, 6) is 0. The number of carbonyl (C=O) groups is 1. The summed E-state index contributed by atoms with van der Waals surface area (Å²) in [5.41, 5.74) is 4.11. The standard InChI is InChI=1S/C28H32N4O3S2/c1-3-31-15-12-20-22(26(37-24(20)18-31)32-13-8-9-14-32)17-29-28(34)30-25-21(27(33)35-4-2)16-23(36-25)19-10-6-5-7-11-19/h5-11,13-14,16,27,33H,3-4,12,15,17-18H2,1-2H3,(H2,29,30,34). The summed E-state index contributed by atoms with van der Waals surface area (Å²) in [6, 6.07) is 15.5. The van der Waals surface area contributed by atoms with Crippen molar-refractivity contribution < 1.29 is 14.6 Å². The third-order valence-electron chi connectivity index (χ3n) is 6.57. The molecule has 1 aliphatic heterocycles. The van der Waals surface area contributed by atoms with Gasteiger partial charge in [0.25, 0.3) is 0 Å². The number of thiophene rings is 2. The molecule has 5 rings (SSSR count). The molecule has 2 amide bonds. The van der Waals surface area contributed by atoms with Crippen molar-refractivity contribution in [3.8, 4) is 15.4 Å². The summed E-state index contributed by atoms with van der Waals surface area (Å²) in [6.07, 6.45) is 3.97. The highest BCUT2D eigenvalue weighted by atomic mass is 32.1. The maximum atomic E-state index is 13.1. The monoisotopic (exact) mass is 536 g/mol. The highest BCUT2D eigenvalue weighted by Gasteiger charge is 2.25. The lowest BCUT2D eigenvalue weighted by molar-refractivity contribution is -0.0972. The number of likely N-dealkylation sites (N-methyl/N-ethyl adjacent to an activating group) is 1. The van der Waals surface area contributed by atoms with Crippen LogP contribution in [0.15, 0.2) is 60.9 Å². The number of benzene rings is 1. The lowest BCUT2D eigenvalue weighted by atomic mass is 10.0. The molecule has 1 aliphatic rings. The Hall–Kier alpha value is -2.95. The maximum Gasteiger partial charge on any atom is 0.320 e. The zero-order valence-electron chi connectivity index (χ0n) is 21.1. The summed E-state index contributed by atoms with van der Waals surface area (Å²) >= 11 is 3.23. The Bertz CT molecular complexity index is 1330. The van der Waals surface area contributed by atoms with Gasteiger partial charge in [0.15, 0.2) is 6.29 Å². The van der Waals surface area contributed by atoms with Gasteiger partial charge in [-0.15, -0.1) is 22.7 Å². The third kappa shape index (κ3) is 5.66. The molecule has 0 fully saturated rings. The minimum atomic E-state index is -1.11. The molecule has 1 unspecified atom stereocenters. The van der Waals surface area contributed by atoms with E-state index in [4.69, 9.17) is 4.74 Å². The van der Waals surface area contributed by atoms with Crippen molar-refractivity contribution >= 4 is 33.7 Å². The number of hydrogen-bond donors (Lipinski definition) is 3. The molecule has 0 saturated carbocycles. The minimum Gasteiger partial charge on any atom is -0.364 e. The van der Waals surface area contributed by atoms with Gasteiger partial charge < -0.3 is 19.7 Å². The summed E-state index contributed by atoms with van der Waals surface area (Å²) in [4.78, 5) is 17.9. The number of aliphatic hydroxyl groups excluding tert-OH is 1. The SMILES string of the molecule is CCOC(O)c1cc(-c2ccccc2)sc1NC(=O)NCc1c(-n2cccc2)sc2c1CCN(CC)C2. The molecule has 194 valence electrons. The van der Waals surface area contributed by atoms with Crippen LogP contribution in [0.3, 0.4) is 0 Å². The Labute approximate surface area is 225 Å². The van der Waals surface area contributed by atoms with E-state index in [9.17, 15) is 9.90 Å². The Kier molecular flexibility index (Phi) is 8.07. The van der Waals surface area contributed by atoms with E-state index >= 15 is 0 Å². The topological polar surface area (TPSA) is 78.8 Å². The molecule has 0 bridgehead atoms. The summed E-state index contributed by atoms with van der Waals surface area (Å²) in [5, 5.41) is 18.4. The van der Waals surface area contributed by atoms with Gasteiger partial charge in [-0.1, -0.05) is 37.3 Å². The number of rotatable bonds is 9. The van der Waals surface area contributed by atoms with Crippen molar-refractivity contribution in [1.29, 1.82) is 0 Å². The number of fused-ring (bicyclic) bond motifs is 1. The number of hydrogen-bond acceptors (Lipinski definition) is 6. The van der Waals surface area contributed by atoms with Crippen LogP contribution in [0.4, 0.5) is 9.80 Å². The first-order valence-corrected chi connectivity index (χ1v) is 14.2. The van der Waals surface area contributed by atoms with Gasteiger partial charge in [-0.25, -0.2) is 4.79 Å². The van der Waals surface area contributed by atoms with Crippen LogP contribution in [-0.2, 0) is 24.2 Å². The average Bonchev–Trinajstić information content (AvgIpc) is 3.66. The highest BCUT2D eigenvalue weighted by Crippen LogP contribution is 2.39. The fraction of sp³-hybridized carbons (Fsp3) is 0.321. The van der Waals surface area contributed by atoms with Crippen LogP contribution < -0.4 is 10.6 Å². The van der Waals surface area contributed by atoms with Crippen LogP contribution in [-0.4, -0.2) is 40.3 Å². The largest absolute Gasteiger partial charge is 0.364 e. The molecule has 7 nitrogen and oxygen atoms in total. The molecule has 9 heteroatoms. The first-order chi connectivity index (χ1) is 18.1. The van der Waals surface area contributed by atoms with Gasteiger partial charge in [0.05, 0.1) is 0 Å². The van der Waals surface area contributed by atoms with E-state index < -0.39 is 6.29 Å². The van der Waals surface area contributed by atoms with Crippen molar-refractivity contribution in [3.05, 3.63) is 82.5 Å². The van der Waals surface area contributed by atoms with Gasteiger partial charge in [-0.3, -0.25) is 10.2 Å². The lowest BCUT2D eigenvalue weighted by Crippen LogP contribution is -2.31. The van der Waals surface area contributed by atoms with Crippen molar-refractivity contribution in [1.82, 2.24) is 14.8 Å². The molecule has 3 aromatic heterocycles. The zero-order valence-corrected chi connectivity index (χ0v) is 22.7. The lowest BCUT2D eigenvalue weighted by Gasteiger charge is -2.25. The molecule has 0 aliphatic carbocycles. The van der Waals surface area contributed by atoms with Crippen molar-refractivity contribution in [2.75, 3.05) is 25.0 Å². The molecule has 0 radical (unpaired) electrons. The van der Waals surface area contributed by atoms with Gasteiger partial charge in [-0.2, -0.15) is 0 Å². The second-order valence-corrected chi connectivity index (χ2v) is 11.0. The number of aromatic nitrogens is 1.